The van der Waals surface area contributed by atoms with E-state index in [1.54, 1.807) is 7.11 Å². The Kier molecular flexibility index (Phi) is 3.41. The Balaban J connectivity index is 1.70. The smallest absolute Gasteiger partial charge is 0.309 e. The molecule has 0 aromatic heterocycles. The number of hydrogen-bond donors (Lipinski definition) is 0. The van der Waals surface area contributed by atoms with Crippen molar-refractivity contribution in [3.63, 3.8) is 0 Å². The van der Waals surface area contributed by atoms with Gasteiger partial charge < -0.3 is 9.47 Å². The van der Waals surface area contributed by atoms with Crippen molar-refractivity contribution >= 4 is 5.97 Å². The van der Waals surface area contributed by atoms with Gasteiger partial charge in [0, 0.05) is 20.1 Å². The van der Waals surface area contributed by atoms with Crippen molar-refractivity contribution < 1.29 is 14.3 Å². The molecule has 3 unspecified atom stereocenters. The lowest BCUT2D eigenvalue weighted by molar-refractivity contribution is -0.149. The molecule has 2 aliphatic carbocycles. The molecular weight excluding hydrogens is 192 g/mol. The minimum Gasteiger partial charge on any atom is -0.465 e. The van der Waals surface area contributed by atoms with Gasteiger partial charge in [0.2, 0.25) is 0 Å². The highest BCUT2D eigenvalue weighted by Crippen LogP contribution is 2.43. The van der Waals surface area contributed by atoms with Gasteiger partial charge in [-0.05, 0) is 24.7 Å². The normalized spacial score (nSPS) is 32.2. The van der Waals surface area contributed by atoms with Crippen LogP contribution >= 0.6 is 0 Å². The van der Waals surface area contributed by atoms with Crippen LogP contribution in [0.2, 0.25) is 0 Å². The first-order valence-corrected chi connectivity index (χ1v) is 5.65. The van der Waals surface area contributed by atoms with Crippen LogP contribution < -0.4 is 0 Å². The Morgan fingerprint density at radius 3 is 2.80 bits per heavy atom. The number of carbonyl (C=O) groups is 1. The number of rotatable bonds is 5. The van der Waals surface area contributed by atoms with Gasteiger partial charge in [0.25, 0.3) is 0 Å². The summed E-state index contributed by atoms with van der Waals surface area (Å²) in [6, 6.07) is 0. The molecule has 0 radical (unpaired) electrons. The molecule has 3 atom stereocenters. The van der Waals surface area contributed by atoms with Crippen molar-refractivity contribution in [3.05, 3.63) is 12.2 Å². The summed E-state index contributed by atoms with van der Waals surface area (Å²) in [5.41, 5.74) is 0. The van der Waals surface area contributed by atoms with Crippen molar-refractivity contribution in [1.29, 1.82) is 0 Å². The van der Waals surface area contributed by atoms with Gasteiger partial charge in [-0.2, -0.15) is 0 Å². The molecule has 0 aromatic rings. The lowest BCUT2D eigenvalue weighted by Crippen LogP contribution is -2.22. The fraction of sp³-hybridized carbons (Fsp3) is 0.750. The average Bonchev–Trinajstić information content (AvgIpc) is 2.85. The molecule has 2 bridgehead atoms. The third kappa shape index (κ3) is 2.40. The molecular formula is C12H18O3. The number of carbonyl (C=O) groups excluding carboxylic acids is 1. The number of esters is 1. The van der Waals surface area contributed by atoms with Crippen molar-refractivity contribution in [2.24, 2.45) is 17.8 Å². The van der Waals surface area contributed by atoms with E-state index in [-0.39, 0.29) is 11.9 Å². The zero-order valence-electron chi connectivity index (χ0n) is 9.15. The predicted octanol–water partition coefficient (Wildman–Crippen LogP) is 1.78. The zero-order chi connectivity index (χ0) is 10.7. The molecule has 0 N–H and O–H groups in total. The molecule has 15 heavy (non-hydrogen) atoms. The third-order valence-corrected chi connectivity index (χ3v) is 3.32. The standard InChI is InChI=1S/C12H18O3/c1-14-5-2-6-15-12(13)11-8-9-3-4-10(11)7-9/h3-4,9-11H,2,5-8H2,1H3. The van der Waals surface area contributed by atoms with E-state index in [1.165, 1.54) is 0 Å². The lowest BCUT2D eigenvalue weighted by atomic mass is 9.94. The van der Waals surface area contributed by atoms with Crippen molar-refractivity contribution in [2.45, 2.75) is 19.3 Å². The summed E-state index contributed by atoms with van der Waals surface area (Å²) in [6.07, 6.45) is 7.34. The first-order valence-electron chi connectivity index (χ1n) is 5.65. The van der Waals surface area contributed by atoms with Crippen molar-refractivity contribution in [3.8, 4) is 0 Å². The highest BCUT2D eigenvalue weighted by atomic mass is 16.5. The van der Waals surface area contributed by atoms with Crippen LogP contribution in [-0.4, -0.2) is 26.3 Å². The van der Waals surface area contributed by atoms with E-state index in [2.05, 4.69) is 12.2 Å². The first-order chi connectivity index (χ1) is 7.31. The van der Waals surface area contributed by atoms with E-state index in [0.717, 1.165) is 19.3 Å². The van der Waals surface area contributed by atoms with Crippen LogP contribution in [-0.2, 0) is 14.3 Å². The molecule has 0 aromatic carbocycles. The Morgan fingerprint density at radius 2 is 2.20 bits per heavy atom. The quantitative estimate of drug-likeness (QED) is 0.394. The number of allylic oxidation sites excluding steroid dienone is 2. The Hall–Kier alpha value is -0.830. The van der Waals surface area contributed by atoms with E-state index in [4.69, 9.17) is 9.47 Å². The molecule has 1 saturated carbocycles. The van der Waals surface area contributed by atoms with Crippen LogP contribution in [0.3, 0.4) is 0 Å². The molecule has 0 saturated heterocycles. The molecule has 0 spiro atoms. The fourth-order valence-corrected chi connectivity index (χ4v) is 2.53. The molecule has 2 aliphatic rings. The van der Waals surface area contributed by atoms with E-state index in [0.29, 0.717) is 25.0 Å². The maximum atomic E-state index is 11.7. The summed E-state index contributed by atoms with van der Waals surface area (Å²) in [5, 5.41) is 0. The fourth-order valence-electron chi connectivity index (χ4n) is 2.53. The monoisotopic (exact) mass is 210 g/mol. The first kappa shape index (κ1) is 10.7. The van der Waals surface area contributed by atoms with Gasteiger partial charge in [-0.1, -0.05) is 12.2 Å². The van der Waals surface area contributed by atoms with Gasteiger partial charge in [0.05, 0.1) is 12.5 Å². The largest absolute Gasteiger partial charge is 0.465 e. The van der Waals surface area contributed by atoms with Gasteiger partial charge >= 0.3 is 5.97 Å². The number of methoxy groups -OCH3 is 1. The topological polar surface area (TPSA) is 35.5 Å². The summed E-state index contributed by atoms with van der Waals surface area (Å²) >= 11 is 0. The Morgan fingerprint density at radius 1 is 1.33 bits per heavy atom. The average molecular weight is 210 g/mol. The van der Waals surface area contributed by atoms with Gasteiger partial charge in [-0.15, -0.1) is 0 Å². The molecule has 3 heteroatoms. The molecule has 0 aliphatic heterocycles. The van der Waals surface area contributed by atoms with Gasteiger partial charge in [-0.3, -0.25) is 4.79 Å². The van der Waals surface area contributed by atoms with Crippen LogP contribution in [0.1, 0.15) is 19.3 Å². The Bertz CT molecular complexity index is 260. The highest BCUT2D eigenvalue weighted by Gasteiger charge is 2.40. The minimum atomic E-state index is -0.0112. The summed E-state index contributed by atoms with van der Waals surface area (Å²) in [6.45, 7) is 1.15. The van der Waals surface area contributed by atoms with Crippen molar-refractivity contribution in [2.75, 3.05) is 20.3 Å². The summed E-state index contributed by atoms with van der Waals surface area (Å²) < 4.78 is 10.1. The molecule has 0 amide bonds. The summed E-state index contributed by atoms with van der Waals surface area (Å²) in [4.78, 5) is 11.7. The number of ether oxygens (including phenoxy) is 2. The summed E-state index contributed by atoms with van der Waals surface area (Å²) in [5.74, 6) is 1.20. The maximum Gasteiger partial charge on any atom is 0.309 e. The van der Waals surface area contributed by atoms with E-state index in [9.17, 15) is 4.79 Å². The van der Waals surface area contributed by atoms with Gasteiger partial charge in [0.15, 0.2) is 0 Å². The second kappa shape index (κ2) is 4.79. The van der Waals surface area contributed by atoms with Crippen LogP contribution in [0.25, 0.3) is 0 Å². The van der Waals surface area contributed by atoms with E-state index in [1.807, 2.05) is 0 Å². The van der Waals surface area contributed by atoms with Crippen molar-refractivity contribution in [1.82, 2.24) is 0 Å². The van der Waals surface area contributed by atoms with Crippen LogP contribution in [0, 0.1) is 17.8 Å². The maximum absolute atomic E-state index is 11.7. The zero-order valence-corrected chi connectivity index (χ0v) is 9.15. The molecule has 84 valence electrons. The van der Waals surface area contributed by atoms with Gasteiger partial charge in [0.1, 0.15) is 0 Å². The minimum absolute atomic E-state index is 0.0112. The molecule has 3 nitrogen and oxygen atoms in total. The van der Waals surface area contributed by atoms with E-state index < -0.39 is 0 Å². The SMILES string of the molecule is COCCCOC(=O)C1CC2C=CC1C2. The van der Waals surface area contributed by atoms with Crippen LogP contribution in [0.5, 0.6) is 0 Å². The Labute approximate surface area is 90.4 Å². The number of fused-ring (bicyclic) bond motifs is 2. The molecule has 0 heterocycles. The second-order valence-electron chi connectivity index (χ2n) is 4.40. The van der Waals surface area contributed by atoms with Crippen LogP contribution in [0.15, 0.2) is 12.2 Å². The van der Waals surface area contributed by atoms with E-state index >= 15 is 0 Å². The lowest BCUT2D eigenvalue weighted by Gasteiger charge is -2.16. The number of hydrogen-bond acceptors (Lipinski definition) is 3. The molecule has 2 rings (SSSR count). The van der Waals surface area contributed by atoms with Gasteiger partial charge in [-0.25, -0.2) is 0 Å². The van der Waals surface area contributed by atoms with Crippen LogP contribution in [0.4, 0.5) is 0 Å². The molecule has 1 fully saturated rings. The second-order valence-corrected chi connectivity index (χ2v) is 4.40. The highest BCUT2D eigenvalue weighted by molar-refractivity contribution is 5.74. The summed E-state index contributed by atoms with van der Waals surface area (Å²) in [7, 11) is 1.66. The predicted molar refractivity (Wildman–Crippen MR) is 56.3 cm³/mol. The third-order valence-electron chi connectivity index (χ3n) is 3.32.